The molecule has 1 amide bonds. The maximum Gasteiger partial charge on any atom is 0.277 e. The molecule has 138 valence electrons. The minimum Gasteiger partial charge on any atom is -0.496 e. The molecule has 0 atom stereocenters. The number of carbonyl (C=O) groups excluding carboxylic acids is 2. The molecule has 8 heteroatoms. The van der Waals surface area contributed by atoms with Crippen molar-refractivity contribution in [1.29, 1.82) is 0 Å². The standard InChI is InChI=1S/C19H17N3O4S/c1-12(23)20-14-9-7-13(8-10-14)18-21-22-19(26-18)27-11-16(24)15-5-3-4-6-17(15)25-2/h3-10H,11H2,1-2H3,(H,20,23). The lowest BCUT2D eigenvalue weighted by atomic mass is 10.1. The highest BCUT2D eigenvalue weighted by atomic mass is 32.2. The maximum absolute atomic E-state index is 12.4. The van der Waals surface area contributed by atoms with E-state index in [9.17, 15) is 9.59 Å². The molecule has 0 unspecified atom stereocenters. The largest absolute Gasteiger partial charge is 0.496 e. The van der Waals surface area contributed by atoms with E-state index in [1.165, 1.54) is 25.8 Å². The third-order valence-corrected chi connectivity index (χ3v) is 4.41. The molecule has 7 nitrogen and oxygen atoms in total. The van der Waals surface area contributed by atoms with Gasteiger partial charge in [-0.05, 0) is 36.4 Å². The third kappa shape index (κ3) is 4.73. The second-order valence-electron chi connectivity index (χ2n) is 5.54. The predicted molar refractivity (Wildman–Crippen MR) is 102 cm³/mol. The molecule has 0 aliphatic heterocycles. The van der Waals surface area contributed by atoms with E-state index >= 15 is 0 Å². The van der Waals surface area contributed by atoms with Gasteiger partial charge in [-0.2, -0.15) is 0 Å². The minimum absolute atomic E-state index is 0.0862. The van der Waals surface area contributed by atoms with Crippen LogP contribution in [0.25, 0.3) is 11.5 Å². The summed E-state index contributed by atoms with van der Waals surface area (Å²) in [4.78, 5) is 23.4. The van der Waals surface area contributed by atoms with E-state index in [4.69, 9.17) is 9.15 Å². The lowest BCUT2D eigenvalue weighted by Crippen LogP contribution is -2.05. The molecule has 3 aromatic rings. The van der Waals surface area contributed by atoms with Gasteiger partial charge in [-0.1, -0.05) is 23.9 Å². The number of anilines is 1. The number of benzene rings is 2. The SMILES string of the molecule is COc1ccccc1C(=O)CSc1nnc(-c2ccc(NC(C)=O)cc2)o1. The second-order valence-corrected chi connectivity index (χ2v) is 6.47. The number of ketones is 1. The number of ether oxygens (including phenoxy) is 1. The molecule has 0 bridgehead atoms. The average Bonchev–Trinajstić information content (AvgIpc) is 3.15. The first-order valence-electron chi connectivity index (χ1n) is 8.07. The normalized spacial score (nSPS) is 10.4. The van der Waals surface area contributed by atoms with E-state index in [1.807, 2.05) is 6.07 Å². The van der Waals surface area contributed by atoms with Gasteiger partial charge in [0.05, 0.1) is 18.4 Å². The van der Waals surface area contributed by atoms with Crippen LogP contribution in [-0.4, -0.2) is 34.8 Å². The zero-order valence-corrected chi connectivity index (χ0v) is 15.6. The van der Waals surface area contributed by atoms with Crippen molar-refractivity contribution in [3.8, 4) is 17.2 Å². The van der Waals surface area contributed by atoms with Crippen LogP contribution >= 0.6 is 11.8 Å². The first kappa shape index (κ1) is 18.7. The predicted octanol–water partition coefficient (Wildman–Crippen LogP) is 3.68. The lowest BCUT2D eigenvalue weighted by molar-refractivity contribution is -0.114. The number of thioether (sulfide) groups is 1. The topological polar surface area (TPSA) is 94.3 Å². The van der Waals surface area contributed by atoms with Gasteiger partial charge in [0.25, 0.3) is 5.22 Å². The maximum atomic E-state index is 12.4. The van der Waals surface area contributed by atoms with Gasteiger partial charge in [-0.3, -0.25) is 9.59 Å². The number of hydrogen-bond acceptors (Lipinski definition) is 7. The number of para-hydroxylation sites is 1. The van der Waals surface area contributed by atoms with Gasteiger partial charge in [-0.15, -0.1) is 10.2 Å². The van der Waals surface area contributed by atoms with Crippen LogP contribution in [0, 0.1) is 0 Å². The molecular weight excluding hydrogens is 366 g/mol. The summed E-state index contributed by atoms with van der Waals surface area (Å²) in [6, 6.07) is 14.1. The van der Waals surface area contributed by atoms with E-state index in [2.05, 4.69) is 15.5 Å². The van der Waals surface area contributed by atoms with E-state index in [-0.39, 0.29) is 17.4 Å². The molecule has 0 aliphatic carbocycles. The van der Waals surface area contributed by atoms with Crippen LogP contribution in [-0.2, 0) is 4.79 Å². The van der Waals surface area contributed by atoms with Crippen molar-refractivity contribution < 1.29 is 18.7 Å². The van der Waals surface area contributed by atoms with Crippen LogP contribution < -0.4 is 10.1 Å². The molecule has 0 saturated carbocycles. The third-order valence-electron chi connectivity index (χ3n) is 3.59. The Balaban J connectivity index is 1.64. The van der Waals surface area contributed by atoms with Crippen LogP contribution in [0.3, 0.4) is 0 Å². The summed E-state index contributed by atoms with van der Waals surface area (Å²) >= 11 is 1.17. The van der Waals surface area contributed by atoms with Crippen LogP contribution in [0.5, 0.6) is 5.75 Å². The molecule has 1 aromatic heterocycles. The van der Waals surface area contributed by atoms with Crippen LogP contribution in [0.15, 0.2) is 58.2 Å². The number of Topliss-reactive ketones (excluding diaryl/α,β-unsaturated/α-hetero) is 1. The lowest BCUT2D eigenvalue weighted by Gasteiger charge is -2.05. The Morgan fingerprint density at radius 2 is 1.85 bits per heavy atom. The Labute approximate surface area is 160 Å². The summed E-state index contributed by atoms with van der Waals surface area (Å²) in [5.74, 6) is 0.810. The van der Waals surface area contributed by atoms with E-state index in [0.29, 0.717) is 28.1 Å². The highest BCUT2D eigenvalue weighted by Crippen LogP contribution is 2.26. The Morgan fingerprint density at radius 1 is 1.11 bits per heavy atom. The van der Waals surface area contributed by atoms with Gasteiger partial charge in [0.2, 0.25) is 11.8 Å². The number of methoxy groups -OCH3 is 1. The van der Waals surface area contributed by atoms with E-state index in [1.54, 1.807) is 42.5 Å². The number of hydrogen-bond donors (Lipinski definition) is 1. The quantitative estimate of drug-likeness (QED) is 0.491. The highest BCUT2D eigenvalue weighted by Gasteiger charge is 2.15. The molecule has 2 aromatic carbocycles. The van der Waals surface area contributed by atoms with Crippen molar-refractivity contribution in [2.24, 2.45) is 0 Å². The number of aromatic nitrogens is 2. The summed E-state index contributed by atoms with van der Waals surface area (Å²) in [5, 5.41) is 11.0. The first-order chi connectivity index (χ1) is 13.1. The van der Waals surface area contributed by atoms with Crippen molar-refractivity contribution in [2.75, 3.05) is 18.2 Å². The molecular formula is C19H17N3O4S. The molecule has 0 fully saturated rings. The fourth-order valence-corrected chi connectivity index (χ4v) is 3.01. The molecule has 27 heavy (non-hydrogen) atoms. The van der Waals surface area contributed by atoms with Crippen molar-refractivity contribution in [2.45, 2.75) is 12.1 Å². The fourth-order valence-electron chi connectivity index (χ4n) is 2.36. The number of nitrogens with one attached hydrogen (secondary N) is 1. The average molecular weight is 383 g/mol. The molecule has 1 N–H and O–H groups in total. The molecule has 3 rings (SSSR count). The molecule has 0 aliphatic rings. The molecule has 0 spiro atoms. The van der Waals surface area contributed by atoms with Gasteiger partial charge in [0, 0.05) is 18.2 Å². The summed E-state index contributed by atoms with van der Waals surface area (Å²) in [6.07, 6.45) is 0. The number of carbonyl (C=O) groups is 2. The van der Waals surface area contributed by atoms with Crippen LogP contribution in [0.2, 0.25) is 0 Å². The van der Waals surface area contributed by atoms with Gasteiger partial charge in [0.1, 0.15) is 5.75 Å². The first-order valence-corrected chi connectivity index (χ1v) is 9.06. The summed E-state index contributed by atoms with van der Waals surface area (Å²) in [5.41, 5.74) is 1.92. The van der Waals surface area contributed by atoms with Gasteiger partial charge in [-0.25, -0.2) is 0 Å². The molecule has 0 saturated heterocycles. The summed E-state index contributed by atoms with van der Waals surface area (Å²) in [6.45, 7) is 1.45. The Kier molecular flexibility index (Phi) is 5.87. The summed E-state index contributed by atoms with van der Waals surface area (Å²) < 4.78 is 10.8. The highest BCUT2D eigenvalue weighted by molar-refractivity contribution is 7.99. The van der Waals surface area contributed by atoms with Crippen molar-refractivity contribution in [1.82, 2.24) is 10.2 Å². The monoisotopic (exact) mass is 383 g/mol. The van der Waals surface area contributed by atoms with Crippen LogP contribution in [0.4, 0.5) is 5.69 Å². The van der Waals surface area contributed by atoms with Gasteiger partial charge >= 0.3 is 0 Å². The Bertz CT molecular complexity index is 954. The second kappa shape index (κ2) is 8.50. The van der Waals surface area contributed by atoms with Crippen LogP contribution in [0.1, 0.15) is 17.3 Å². The number of amides is 1. The molecule has 0 radical (unpaired) electrons. The fraction of sp³-hybridized carbons (Fsp3) is 0.158. The van der Waals surface area contributed by atoms with Crippen molar-refractivity contribution in [3.05, 3.63) is 54.1 Å². The van der Waals surface area contributed by atoms with Gasteiger partial charge < -0.3 is 14.5 Å². The zero-order valence-electron chi connectivity index (χ0n) is 14.8. The number of rotatable bonds is 7. The smallest absolute Gasteiger partial charge is 0.277 e. The zero-order chi connectivity index (χ0) is 19.2. The minimum atomic E-state index is -0.140. The van der Waals surface area contributed by atoms with Crippen molar-refractivity contribution in [3.63, 3.8) is 0 Å². The van der Waals surface area contributed by atoms with E-state index in [0.717, 1.165) is 5.56 Å². The van der Waals surface area contributed by atoms with E-state index < -0.39 is 0 Å². The Hall–Kier alpha value is -3.13. The Morgan fingerprint density at radius 3 is 2.56 bits per heavy atom. The van der Waals surface area contributed by atoms with Crippen molar-refractivity contribution >= 4 is 29.1 Å². The number of nitrogens with zero attached hydrogens (tertiary/aromatic N) is 2. The summed E-state index contributed by atoms with van der Waals surface area (Å²) in [7, 11) is 1.53. The van der Waals surface area contributed by atoms with Gasteiger partial charge in [0.15, 0.2) is 5.78 Å². The molecule has 1 heterocycles.